The van der Waals surface area contributed by atoms with Gasteiger partial charge in [-0.05, 0) is 17.5 Å². The highest BCUT2D eigenvalue weighted by atomic mass is 15.0. The standard InChI is InChI=1S/C17H10N4/c1-2-5-12-11(4-1)8-20-16-14-9-18-10-21(14)17-13(15(12)16)6-3-7-19-17/h1-10H. The molecule has 5 aromatic rings. The first-order valence-electron chi connectivity index (χ1n) is 6.80. The molecule has 4 heteroatoms. The van der Waals surface area contributed by atoms with Crippen LogP contribution in [-0.4, -0.2) is 19.4 Å². The molecule has 4 nitrogen and oxygen atoms in total. The molecule has 0 aliphatic rings. The lowest BCUT2D eigenvalue weighted by atomic mass is 10.0. The molecule has 0 spiro atoms. The normalized spacial score (nSPS) is 11.8. The number of pyridine rings is 3. The van der Waals surface area contributed by atoms with Gasteiger partial charge in [0.25, 0.3) is 0 Å². The van der Waals surface area contributed by atoms with Crippen LogP contribution < -0.4 is 0 Å². The number of rotatable bonds is 0. The third-order valence-corrected chi connectivity index (χ3v) is 3.96. The van der Waals surface area contributed by atoms with Crippen LogP contribution in [0.15, 0.2) is 61.3 Å². The topological polar surface area (TPSA) is 43.1 Å². The van der Waals surface area contributed by atoms with Gasteiger partial charge in [0.2, 0.25) is 0 Å². The summed E-state index contributed by atoms with van der Waals surface area (Å²) in [6.45, 7) is 0. The van der Waals surface area contributed by atoms with Gasteiger partial charge < -0.3 is 0 Å². The summed E-state index contributed by atoms with van der Waals surface area (Å²) in [6, 6.07) is 12.4. The molecule has 0 atom stereocenters. The van der Waals surface area contributed by atoms with Gasteiger partial charge in [0.15, 0.2) is 0 Å². The molecule has 0 unspecified atom stereocenters. The first-order valence-corrected chi connectivity index (χ1v) is 6.80. The molecule has 4 aromatic heterocycles. The Morgan fingerprint density at radius 1 is 0.857 bits per heavy atom. The van der Waals surface area contributed by atoms with Gasteiger partial charge in [-0.2, -0.15) is 0 Å². The minimum absolute atomic E-state index is 0.913. The molecule has 0 fully saturated rings. The molecule has 0 N–H and O–H groups in total. The Labute approximate surface area is 119 Å². The van der Waals surface area contributed by atoms with Crippen molar-refractivity contribution >= 4 is 38.2 Å². The van der Waals surface area contributed by atoms with E-state index in [-0.39, 0.29) is 0 Å². The van der Waals surface area contributed by atoms with Gasteiger partial charge in [-0.25, -0.2) is 9.97 Å². The summed E-state index contributed by atoms with van der Waals surface area (Å²) in [5, 5.41) is 4.58. The molecule has 0 saturated carbocycles. The van der Waals surface area contributed by atoms with Crippen molar-refractivity contribution in [2.75, 3.05) is 0 Å². The van der Waals surface area contributed by atoms with Gasteiger partial charge in [0, 0.05) is 28.6 Å². The SMILES string of the molecule is c1ccc2c(c1)cnc1c2c2cccnc2n2cncc12. The Morgan fingerprint density at radius 2 is 1.76 bits per heavy atom. The predicted molar refractivity (Wildman–Crippen MR) is 83.3 cm³/mol. The van der Waals surface area contributed by atoms with Crippen LogP contribution in [0.4, 0.5) is 0 Å². The fourth-order valence-corrected chi connectivity index (χ4v) is 3.05. The number of imidazole rings is 1. The van der Waals surface area contributed by atoms with E-state index < -0.39 is 0 Å². The van der Waals surface area contributed by atoms with E-state index in [1.807, 2.05) is 35.1 Å². The highest BCUT2D eigenvalue weighted by molar-refractivity contribution is 6.21. The van der Waals surface area contributed by atoms with E-state index in [9.17, 15) is 0 Å². The van der Waals surface area contributed by atoms with Crippen LogP contribution >= 0.6 is 0 Å². The van der Waals surface area contributed by atoms with Crippen LogP contribution in [0.25, 0.3) is 38.2 Å². The van der Waals surface area contributed by atoms with Gasteiger partial charge in [-0.15, -0.1) is 0 Å². The molecule has 21 heavy (non-hydrogen) atoms. The van der Waals surface area contributed by atoms with E-state index >= 15 is 0 Å². The predicted octanol–water partition coefficient (Wildman–Crippen LogP) is 3.58. The monoisotopic (exact) mass is 270 g/mol. The number of benzene rings is 1. The summed E-state index contributed by atoms with van der Waals surface area (Å²) < 4.78 is 2.00. The van der Waals surface area contributed by atoms with E-state index in [4.69, 9.17) is 0 Å². The van der Waals surface area contributed by atoms with E-state index in [1.54, 1.807) is 6.33 Å². The van der Waals surface area contributed by atoms with Crippen molar-refractivity contribution in [2.45, 2.75) is 0 Å². The van der Waals surface area contributed by atoms with Crippen LogP contribution in [0.2, 0.25) is 0 Å². The zero-order valence-corrected chi connectivity index (χ0v) is 11.1. The van der Waals surface area contributed by atoms with Crippen molar-refractivity contribution in [3.05, 3.63) is 61.3 Å². The molecule has 98 valence electrons. The summed E-state index contributed by atoms with van der Waals surface area (Å²) in [7, 11) is 0. The average Bonchev–Trinajstić information content (AvgIpc) is 3.04. The highest BCUT2D eigenvalue weighted by Crippen LogP contribution is 2.32. The third kappa shape index (κ3) is 1.31. The average molecular weight is 270 g/mol. The van der Waals surface area contributed by atoms with Gasteiger partial charge >= 0.3 is 0 Å². The fraction of sp³-hybridized carbons (Fsp3) is 0. The van der Waals surface area contributed by atoms with Gasteiger partial charge in [-0.3, -0.25) is 9.38 Å². The molecule has 4 heterocycles. The van der Waals surface area contributed by atoms with Crippen molar-refractivity contribution in [3.8, 4) is 0 Å². The molecule has 0 aliphatic heterocycles. The lowest BCUT2D eigenvalue weighted by Gasteiger charge is -2.09. The maximum atomic E-state index is 4.67. The molecule has 1 aromatic carbocycles. The van der Waals surface area contributed by atoms with Crippen molar-refractivity contribution in [1.82, 2.24) is 19.4 Å². The zero-order valence-electron chi connectivity index (χ0n) is 11.1. The molecule has 0 saturated heterocycles. The van der Waals surface area contributed by atoms with Crippen LogP contribution in [0.5, 0.6) is 0 Å². The van der Waals surface area contributed by atoms with Crippen LogP contribution in [0.1, 0.15) is 0 Å². The molecule has 5 rings (SSSR count). The Kier molecular flexibility index (Phi) is 1.92. The van der Waals surface area contributed by atoms with Gasteiger partial charge in [-0.1, -0.05) is 24.3 Å². The molecule has 0 bridgehead atoms. The van der Waals surface area contributed by atoms with Crippen molar-refractivity contribution < 1.29 is 0 Å². The Hall–Kier alpha value is -3.01. The number of nitrogens with zero attached hydrogens (tertiary/aromatic N) is 4. The number of aromatic nitrogens is 4. The lowest BCUT2D eigenvalue weighted by molar-refractivity contribution is 1.16. The van der Waals surface area contributed by atoms with Crippen molar-refractivity contribution in [2.24, 2.45) is 0 Å². The molecule has 0 radical (unpaired) electrons. The second-order valence-corrected chi connectivity index (χ2v) is 5.09. The Balaban J connectivity index is 2.25. The smallest absolute Gasteiger partial charge is 0.146 e. The summed E-state index contributed by atoms with van der Waals surface area (Å²) in [5.41, 5.74) is 2.87. The fourth-order valence-electron chi connectivity index (χ4n) is 3.05. The van der Waals surface area contributed by atoms with Crippen LogP contribution in [0.3, 0.4) is 0 Å². The summed E-state index contributed by atoms with van der Waals surface area (Å²) in [6.07, 6.45) is 7.37. The van der Waals surface area contributed by atoms with E-state index in [0.717, 1.165) is 32.8 Å². The highest BCUT2D eigenvalue weighted by Gasteiger charge is 2.12. The van der Waals surface area contributed by atoms with Crippen LogP contribution in [-0.2, 0) is 0 Å². The minimum atomic E-state index is 0.913. The van der Waals surface area contributed by atoms with E-state index in [1.165, 1.54) is 5.39 Å². The largest absolute Gasteiger partial charge is 0.281 e. The third-order valence-electron chi connectivity index (χ3n) is 3.96. The van der Waals surface area contributed by atoms with Gasteiger partial charge in [0.05, 0.1) is 17.2 Å². The quantitative estimate of drug-likeness (QED) is 0.404. The number of hydrogen-bond acceptors (Lipinski definition) is 3. The summed E-state index contributed by atoms with van der Waals surface area (Å²) in [5.74, 6) is 0. The summed E-state index contributed by atoms with van der Waals surface area (Å²) >= 11 is 0. The molecular weight excluding hydrogens is 260 g/mol. The van der Waals surface area contributed by atoms with Gasteiger partial charge in [0.1, 0.15) is 12.0 Å². The first-order chi connectivity index (χ1) is 10.4. The minimum Gasteiger partial charge on any atom is -0.281 e. The first kappa shape index (κ1) is 10.7. The zero-order chi connectivity index (χ0) is 13.8. The summed E-state index contributed by atoms with van der Waals surface area (Å²) in [4.78, 5) is 13.5. The number of hydrogen-bond donors (Lipinski definition) is 0. The second-order valence-electron chi connectivity index (χ2n) is 5.09. The second kappa shape index (κ2) is 3.76. The Morgan fingerprint density at radius 3 is 2.76 bits per heavy atom. The van der Waals surface area contributed by atoms with E-state index in [2.05, 4.69) is 39.2 Å². The van der Waals surface area contributed by atoms with Crippen molar-refractivity contribution in [3.63, 3.8) is 0 Å². The molecule has 0 amide bonds. The van der Waals surface area contributed by atoms with E-state index in [0.29, 0.717) is 0 Å². The maximum Gasteiger partial charge on any atom is 0.146 e. The lowest BCUT2D eigenvalue weighted by Crippen LogP contribution is -1.94. The maximum absolute atomic E-state index is 4.67. The number of fused-ring (bicyclic) bond motifs is 8. The van der Waals surface area contributed by atoms with Crippen LogP contribution in [0, 0.1) is 0 Å². The molecular formula is C17H10N4. The Bertz CT molecular complexity index is 1140. The molecule has 0 aliphatic carbocycles. The van der Waals surface area contributed by atoms with Crippen molar-refractivity contribution in [1.29, 1.82) is 0 Å².